The maximum absolute atomic E-state index is 13.2. The molecule has 5 atom stereocenters. The topological polar surface area (TPSA) is 220 Å². The van der Waals surface area contributed by atoms with Crippen LogP contribution in [0.15, 0.2) is 70.5 Å². The van der Waals surface area contributed by atoms with Crippen LogP contribution < -0.4 is 11.2 Å². The van der Waals surface area contributed by atoms with Crippen LogP contribution in [-0.2, 0) is 35.7 Å². The second kappa shape index (κ2) is 11.7. The molecule has 5 N–H and O–H groups in total. The predicted molar refractivity (Wildman–Crippen MR) is 132 cm³/mol. The summed E-state index contributed by atoms with van der Waals surface area (Å²) in [5, 5.41) is 20.8. The Labute approximate surface area is 220 Å². The molecule has 1 aliphatic heterocycles. The zero-order chi connectivity index (χ0) is 28.4. The van der Waals surface area contributed by atoms with Crippen molar-refractivity contribution in [2.75, 3.05) is 6.61 Å². The number of rotatable bonds is 10. The molecule has 2 aromatic heterocycles. The number of benzene rings is 1. The molecule has 3 aromatic rings. The van der Waals surface area contributed by atoms with Crippen LogP contribution in [-0.4, -0.2) is 63.9 Å². The van der Waals surface area contributed by atoms with Crippen molar-refractivity contribution in [1.82, 2.24) is 14.1 Å². The lowest BCUT2D eigenvalue weighted by Crippen LogP contribution is -2.43. The van der Waals surface area contributed by atoms with Gasteiger partial charge in [-0.05, 0) is 29.7 Å². The lowest BCUT2D eigenvalue weighted by molar-refractivity contribution is -0.0547. The molecule has 3 heterocycles. The highest BCUT2D eigenvalue weighted by molar-refractivity contribution is 7.60. The molecule has 4 rings (SSSR count). The zero-order valence-electron chi connectivity index (χ0n) is 20.0. The number of hydrogen-bond donors (Lipinski definition) is 5. The van der Waals surface area contributed by atoms with E-state index < -0.39 is 58.0 Å². The monoisotopic (exact) mass is 585 g/mol. The van der Waals surface area contributed by atoms with Gasteiger partial charge >= 0.3 is 21.3 Å². The van der Waals surface area contributed by atoms with E-state index >= 15 is 0 Å². The molecule has 1 aromatic carbocycles. The van der Waals surface area contributed by atoms with Crippen LogP contribution >= 0.6 is 15.6 Å². The summed E-state index contributed by atoms with van der Waals surface area (Å²) in [6.07, 6.45) is -3.31. The average molecular weight is 585 g/mol. The molecular formula is C22H25N3O12P2. The van der Waals surface area contributed by atoms with Gasteiger partial charge in [-0.25, -0.2) is 13.9 Å². The molecule has 0 bridgehead atoms. The number of phosphoric ester groups is 1. The lowest BCUT2D eigenvalue weighted by Gasteiger charge is -2.19. The minimum Gasteiger partial charge on any atom is -0.387 e. The first-order chi connectivity index (χ1) is 18.3. The van der Waals surface area contributed by atoms with Gasteiger partial charge in [0.15, 0.2) is 6.23 Å². The largest absolute Gasteiger partial charge is 0.481 e. The number of phosphoric acid groups is 2. The summed E-state index contributed by atoms with van der Waals surface area (Å²) in [6.45, 7) is -1.14. The Morgan fingerprint density at radius 3 is 2.38 bits per heavy atom. The van der Waals surface area contributed by atoms with Gasteiger partial charge in [0.1, 0.15) is 18.3 Å². The van der Waals surface area contributed by atoms with Gasteiger partial charge in [0.25, 0.3) is 5.56 Å². The third-order valence-electron chi connectivity index (χ3n) is 5.77. The number of aromatic nitrogens is 3. The Hall–Kier alpha value is -2.81. The number of hydrogen-bond acceptors (Lipinski definition) is 10. The van der Waals surface area contributed by atoms with Gasteiger partial charge in [-0.1, -0.05) is 30.3 Å². The fraction of sp³-hybridized carbons (Fsp3) is 0.318. The van der Waals surface area contributed by atoms with Crippen molar-refractivity contribution < 1.29 is 47.6 Å². The first-order valence-electron chi connectivity index (χ1n) is 11.4. The van der Waals surface area contributed by atoms with Crippen molar-refractivity contribution in [1.29, 1.82) is 0 Å². The highest BCUT2D eigenvalue weighted by Gasteiger charge is 2.46. The lowest BCUT2D eigenvalue weighted by atomic mass is 10.1. The summed E-state index contributed by atoms with van der Waals surface area (Å²) in [4.78, 5) is 56.7. The predicted octanol–water partition coefficient (Wildman–Crippen LogP) is -0.110. The molecule has 0 radical (unpaired) electrons. The molecule has 1 fully saturated rings. The Balaban J connectivity index is 1.52. The van der Waals surface area contributed by atoms with Crippen LogP contribution in [0, 0.1) is 0 Å². The molecule has 210 valence electrons. The SMILES string of the molecule is O=c1ccn(C2OC(COP(=O)(O)OP(=O)(O)O)C(O)C2O)c(=O)n1Cc1cc(Cc2ccccc2)ccn1. The van der Waals surface area contributed by atoms with E-state index in [2.05, 4.69) is 13.8 Å². The fourth-order valence-corrected chi connectivity index (χ4v) is 5.61. The normalized spacial score (nSPS) is 23.0. The van der Waals surface area contributed by atoms with Gasteiger partial charge in [0.05, 0.1) is 18.8 Å². The van der Waals surface area contributed by atoms with Gasteiger partial charge in [-0.2, -0.15) is 4.31 Å². The highest BCUT2D eigenvalue weighted by Crippen LogP contribution is 2.57. The molecule has 15 nitrogen and oxygen atoms in total. The smallest absolute Gasteiger partial charge is 0.387 e. The molecule has 0 spiro atoms. The van der Waals surface area contributed by atoms with Crippen molar-refractivity contribution in [2.24, 2.45) is 0 Å². The van der Waals surface area contributed by atoms with E-state index in [1.165, 1.54) is 0 Å². The molecule has 1 aliphatic rings. The van der Waals surface area contributed by atoms with Gasteiger partial charge in [-0.3, -0.25) is 23.4 Å². The fourth-order valence-electron chi connectivity index (χ4n) is 4.01. The van der Waals surface area contributed by atoms with Gasteiger partial charge < -0.3 is 29.6 Å². The van der Waals surface area contributed by atoms with Crippen molar-refractivity contribution in [3.05, 3.63) is 98.6 Å². The number of aliphatic hydroxyl groups excluding tert-OH is 2. The second-order valence-electron chi connectivity index (χ2n) is 8.63. The van der Waals surface area contributed by atoms with E-state index in [1.54, 1.807) is 12.3 Å². The van der Waals surface area contributed by atoms with E-state index in [-0.39, 0.29) is 6.54 Å². The van der Waals surface area contributed by atoms with Gasteiger partial charge in [-0.15, -0.1) is 0 Å². The van der Waals surface area contributed by atoms with Crippen LogP contribution in [0.1, 0.15) is 23.0 Å². The van der Waals surface area contributed by atoms with Crippen molar-refractivity contribution in [3.8, 4) is 0 Å². The Morgan fingerprint density at radius 1 is 0.974 bits per heavy atom. The summed E-state index contributed by atoms with van der Waals surface area (Å²) in [5.74, 6) is 0. The number of nitrogens with zero attached hydrogens (tertiary/aromatic N) is 3. The molecule has 0 amide bonds. The van der Waals surface area contributed by atoms with E-state index in [4.69, 9.17) is 14.5 Å². The standard InChI is InChI=1S/C22H25N3O12P2/c26-18-7-9-24(21-20(28)19(27)17(36-21)13-35-39(33,34)37-38(30,31)32)22(29)25(18)12-16-11-15(6-8-23-16)10-14-4-2-1-3-5-14/h1-9,11,17,19-21,27-28H,10,12-13H2,(H,33,34)(H2,30,31,32). The maximum atomic E-state index is 13.2. The minimum atomic E-state index is -5.38. The van der Waals surface area contributed by atoms with E-state index in [0.29, 0.717) is 12.1 Å². The van der Waals surface area contributed by atoms with E-state index in [9.17, 15) is 33.8 Å². The Bertz CT molecular complexity index is 1520. The molecule has 17 heteroatoms. The van der Waals surface area contributed by atoms with Gasteiger partial charge in [0.2, 0.25) is 0 Å². The summed E-state index contributed by atoms with van der Waals surface area (Å²) in [5.41, 5.74) is 0.830. The average Bonchev–Trinajstić information content (AvgIpc) is 3.13. The Morgan fingerprint density at radius 2 is 1.69 bits per heavy atom. The molecule has 0 saturated carbocycles. The zero-order valence-corrected chi connectivity index (χ0v) is 21.8. The molecular weight excluding hydrogens is 560 g/mol. The summed E-state index contributed by atoms with van der Waals surface area (Å²) >= 11 is 0. The summed E-state index contributed by atoms with van der Waals surface area (Å²) in [7, 11) is -10.6. The van der Waals surface area contributed by atoms with Crippen LogP contribution in [0.2, 0.25) is 0 Å². The van der Waals surface area contributed by atoms with Crippen LogP contribution in [0.25, 0.3) is 0 Å². The third-order valence-corrected chi connectivity index (χ3v) is 7.92. The number of aliphatic hydroxyl groups is 2. The molecule has 0 aliphatic carbocycles. The van der Waals surface area contributed by atoms with Crippen molar-refractivity contribution in [2.45, 2.75) is 37.5 Å². The van der Waals surface area contributed by atoms with Crippen LogP contribution in [0.4, 0.5) is 0 Å². The maximum Gasteiger partial charge on any atom is 0.481 e. The van der Waals surface area contributed by atoms with E-state index in [0.717, 1.165) is 32.5 Å². The van der Waals surface area contributed by atoms with Crippen LogP contribution in [0.5, 0.6) is 0 Å². The third kappa shape index (κ3) is 7.44. The van der Waals surface area contributed by atoms with Gasteiger partial charge in [0, 0.05) is 18.5 Å². The van der Waals surface area contributed by atoms with Crippen molar-refractivity contribution in [3.63, 3.8) is 0 Å². The summed E-state index contributed by atoms with van der Waals surface area (Å²) < 4.78 is 37.7. The summed E-state index contributed by atoms with van der Waals surface area (Å²) in [6, 6.07) is 14.3. The van der Waals surface area contributed by atoms with Crippen LogP contribution in [0.3, 0.4) is 0 Å². The first-order valence-corrected chi connectivity index (χ1v) is 14.4. The minimum absolute atomic E-state index is 0.202. The molecule has 5 unspecified atom stereocenters. The number of pyridine rings is 1. The Kier molecular flexibility index (Phi) is 8.78. The van der Waals surface area contributed by atoms with E-state index in [1.807, 2.05) is 36.4 Å². The molecule has 1 saturated heterocycles. The first kappa shape index (κ1) is 29.2. The quantitative estimate of drug-likeness (QED) is 0.196. The molecule has 39 heavy (non-hydrogen) atoms. The highest BCUT2D eigenvalue weighted by atomic mass is 31.3. The second-order valence-corrected chi connectivity index (χ2v) is 11.5. The number of ether oxygens (including phenoxy) is 1. The van der Waals surface area contributed by atoms with Crippen molar-refractivity contribution >= 4 is 15.6 Å².